The van der Waals surface area contributed by atoms with Crippen LogP contribution in [0.2, 0.25) is 0 Å². The zero-order valence-electron chi connectivity index (χ0n) is 9.15. The zero-order chi connectivity index (χ0) is 12.1. The molecule has 0 aromatic carbocycles. The first-order chi connectivity index (χ1) is 7.54. The van der Waals surface area contributed by atoms with Gasteiger partial charge in [-0.1, -0.05) is 0 Å². The largest absolute Gasteiger partial charge is 0.465 e. The smallest absolute Gasteiger partial charge is 0.350 e. The molecule has 0 aliphatic carbocycles. The van der Waals surface area contributed by atoms with Gasteiger partial charge in [-0.05, 0) is 18.4 Å². The molecule has 3 N–H and O–H groups in total. The molecule has 1 atom stereocenters. The van der Waals surface area contributed by atoms with E-state index in [1.54, 1.807) is 18.4 Å². The van der Waals surface area contributed by atoms with Crippen LogP contribution in [0.1, 0.15) is 23.0 Å². The normalized spacial score (nSPS) is 11.9. The van der Waals surface area contributed by atoms with Crippen LogP contribution in [0.15, 0.2) is 11.4 Å². The van der Waals surface area contributed by atoms with Gasteiger partial charge in [-0.3, -0.25) is 4.79 Å². The van der Waals surface area contributed by atoms with E-state index >= 15 is 0 Å². The zero-order valence-corrected chi connectivity index (χ0v) is 9.97. The number of anilines is 1. The molecule has 6 heteroatoms. The molecule has 0 fully saturated rings. The van der Waals surface area contributed by atoms with Gasteiger partial charge in [0.25, 0.3) is 0 Å². The minimum absolute atomic E-state index is 0.208. The van der Waals surface area contributed by atoms with Gasteiger partial charge in [0.15, 0.2) is 0 Å². The number of rotatable bonds is 4. The lowest BCUT2D eigenvalue weighted by atomic mass is 10.2. The van der Waals surface area contributed by atoms with Crippen LogP contribution in [-0.2, 0) is 9.53 Å². The number of thiophene rings is 1. The Balaban J connectivity index is 2.70. The first kappa shape index (κ1) is 12.7. The number of esters is 1. The fourth-order valence-corrected chi connectivity index (χ4v) is 1.92. The van der Waals surface area contributed by atoms with Crippen LogP contribution in [0, 0.1) is 0 Å². The molecule has 0 aliphatic heterocycles. The molecular formula is C10H14N2O3S. The third-order valence-corrected chi connectivity index (χ3v) is 2.71. The van der Waals surface area contributed by atoms with Crippen molar-refractivity contribution in [2.75, 3.05) is 12.4 Å². The number of hydrogen-bond donors (Lipinski definition) is 2. The van der Waals surface area contributed by atoms with Gasteiger partial charge in [0.05, 0.1) is 12.8 Å². The Hall–Kier alpha value is -1.40. The molecule has 1 heterocycles. The first-order valence-corrected chi connectivity index (χ1v) is 5.63. The standard InChI is InChI=1S/C10H14N2O3S/c1-6(11)5-8(13)12-7-3-4-16-9(7)10(14)15-2/h3-4,6H,5,11H2,1-2H3,(H,12,13). The maximum absolute atomic E-state index is 11.4. The highest BCUT2D eigenvalue weighted by Gasteiger charge is 2.15. The van der Waals surface area contributed by atoms with Gasteiger partial charge in [0, 0.05) is 12.5 Å². The van der Waals surface area contributed by atoms with Crippen molar-refractivity contribution < 1.29 is 14.3 Å². The van der Waals surface area contributed by atoms with Crippen LogP contribution in [0.3, 0.4) is 0 Å². The number of carbonyl (C=O) groups excluding carboxylic acids is 2. The molecule has 0 saturated heterocycles. The summed E-state index contributed by atoms with van der Waals surface area (Å²) in [5.74, 6) is -0.662. The van der Waals surface area contributed by atoms with Gasteiger partial charge >= 0.3 is 5.97 Å². The lowest BCUT2D eigenvalue weighted by Crippen LogP contribution is -2.24. The van der Waals surface area contributed by atoms with Crippen molar-refractivity contribution in [2.45, 2.75) is 19.4 Å². The second-order valence-electron chi connectivity index (χ2n) is 3.38. The molecule has 1 rings (SSSR count). The van der Waals surface area contributed by atoms with Crippen LogP contribution >= 0.6 is 11.3 Å². The van der Waals surface area contributed by atoms with Gasteiger partial charge in [-0.25, -0.2) is 4.79 Å². The summed E-state index contributed by atoms with van der Waals surface area (Å²) in [6.07, 6.45) is 0.219. The predicted molar refractivity (Wildman–Crippen MR) is 62.6 cm³/mol. The van der Waals surface area contributed by atoms with Crippen molar-refractivity contribution in [3.05, 3.63) is 16.3 Å². The summed E-state index contributed by atoms with van der Waals surface area (Å²) in [6.45, 7) is 1.74. The van der Waals surface area contributed by atoms with E-state index in [9.17, 15) is 9.59 Å². The van der Waals surface area contributed by atoms with Gasteiger partial charge in [0.1, 0.15) is 4.88 Å². The van der Waals surface area contributed by atoms with Crippen molar-refractivity contribution >= 4 is 28.9 Å². The summed E-state index contributed by atoms with van der Waals surface area (Å²) in [4.78, 5) is 23.1. The van der Waals surface area contributed by atoms with E-state index in [1.807, 2.05) is 0 Å². The van der Waals surface area contributed by atoms with Crippen molar-refractivity contribution in [2.24, 2.45) is 5.73 Å². The fraction of sp³-hybridized carbons (Fsp3) is 0.400. The Bertz CT molecular complexity index is 387. The minimum atomic E-state index is -0.453. The number of hydrogen-bond acceptors (Lipinski definition) is 5. The Morgan fingerprint density at radius 1 is 1.62 bits per heavy atom. The fourth-order valence-electron chi connectivity index (χ4n) is 1.15. The van der Waals surface area contributed by atoms with E-state index < -0.39 is 5.97 Å². The summed E-state index contributed by atoms with van der Waals surface area (Å²) in [5, 5.41) is 4.34. The first-order valence-electron chi connectivity index (χ1n) is 4.75. The Morgan fingerprint density at radius 3 is 2.88 bits per heavy atom. The highest BCUT2D eigenvalue weighted by atomic mass is 32.1. The number of carbonyl (C=O) groups is 2. The SMILES string of the molecule is COC(=O)c1sccc1NC(=O)CC(C)N. The van der Waals surface area contributed by atoms with E-state index in [0.717, 1.165) is 0 Å². The summed E-state index contributed by atoms with van der Waals surface area (Å²) in [5.41, 5.74) is 5.97. The third kappa shape index (κ3) is 3.32. The highest BCUT2D eigenvalue weighted by molar-refractivity contribution is 7.12. The molecule has 1 aromatic heterocycles. The number of methoxy groups -OCH3 is 1. The van der Waals surface area contributed by atoms with Crippen molar-refractivity contribution in [1.29, 1.82) is 0 Å². The number of ether oxygens (including phenoxy) is 1. The highest BCUT2D eigenvalue weighted by Crippen LogP contribution is 2.23. The quantitative estimate of drug-likeness (QED) is 0.777. The summed E-state index contributed by atoms with van der Waals surface area (Å²) in [6, 6.07) is 1.45. The molecule has 0 bridgehead atoms. The molecule has 0 saturated carbocycles. The maximum atomic E-state index is 11.4. The van der Waals surface area contributed by atoms with Gasteiger partial charge in [-0.2, -0.15) is 0 Å². The van der Waals surface area contributed by atoms with Gasteiger partial charge in [0.2, 0.25) is 5.91 Å². The van der Waals surface area contributed by atoms with Gasteiger partial charge < -0.3 is 15.8 Å². The van der Waals surface area contributed by atoms with E-state index in [-0.39, 0.29) is 18.4 Å². The summed E-state index contributed by atoms with van der Waals surface area (Å²) >= 11 is 1.22. The second-order valence-corrected chi connectivity index (χ2v) is 4.30. The lowest BCUT2D eigenvalue weighted by Gasteiger charge is -2.07. The molecule has 0 spiro atoms. The molecular weight excluding hydrogens is 228 g/mol. The summed E-state index contributed by atoms with van der Waals surface area (Å²) in [7, 11) is 1.30. The Labute approximate surface area is 97.6 Å². The maximum Gasteiger partial charge on any atom is 0.350 e. The Morgan fingerprint density at radius 2 is 2.31 bits per heavy atom. The summed E-state index contributed by atoms with van der Waals surface area (Å²) < 4.78 is 4.59. The molecule has 88 valence electrons. The molecule has 16 heavy (non-hydrogen) atoms. The van der Waals surface area contributed by atoms with Crippen molar-refractivity contribution in [1.82, 2.24) is 0 Å². The topological polar surface area (TPSA) is 81.4 Å². The molecule has 1 amide bonds. The predicted octanol–water partition coefficient (Wildman–Crippen LogP) is 1.21. The average Bonchev–Trinajstić information content (AvgIpc) is 2.63. The van der Waals surface area contributed by atoms with Crippen LogP contribution < -0.4 is 11.1 Å². The van der Waals surface area contributed by atoms with Gasteiger partial charge in [-0.15, -0.1) is 11.3 Å². The van der Waals surface area contributed by atoms with Crippen LogP contribution in [0.25, 0.3) is 0 Å². The average molecular weight is 242 g/mol. The van der Waals surface area contributed by atoms with E-state index in [1.165, 1.54) is 18.4 Å². The molecule has 1 unspecified atom stereocenters. The number of nitrogens with one attached hydrogen (secondary N) is 1. The Kier molecular flexibility index (Phi) is 4.45. The number of amides is 1. The van der Waals surface area contributed by atoms with Crippen molar-refractivity contribution in [3.63, 3.8) is 0 Å². The van der Waals surface area contributed by atoms with Crippen LogP contribution in [-0.4, -0.2) is 25.0 Å². The van der Waals surface area contributed by atoms with E-state index in [0.29, 0.717) is 10.6 Å². The monoisotopic (exact) mass is 242 g/mol. The molecule has 0 radical (unpaired) electrons. The second kappa shape index (κ2) is 5.62. The van der Waals surface area contributed by atoms with E-state index in [2.05, 4.69) is 10.1 Å². The van der Waals surface area contributed by atoms with E-state index in [4.69, 9.17) is 5.73 Å². The third-order valence-electron chi connectivity index (χ3n) is 1.82. The van der Waals surface area contributed by atoms with Crippen molar-refractivity contribution in [3.8, 4) is 0 Å². The number of nitrogens with two attached hydrogens (primary N) is 1. The molecule has 1 aromatic rings. The minimum Gasteiger partial charge on any atom is -0.465 e. The molecule has 5 nitrogen and oxygen atoms in total. The lowest BCUT2D eigenvalue weighted by molar-refractivity contribution is -0.116. The van der Waals surface area contributed by atoms with Crippen LogP contribution in [0.5, 0.6) is 0 Å². The van der Waals surface area contributed by atoms with Crippen LogP contribution in [0.4, 0.5) is 5.69 Å². The molecule has 0 aliphatic rings.